The number of esters is 1. The van der Waals surface area contributed by atoms with E-state index in [1.807, 2.05) is 11.4 Å². The number of hydrogen-bond acceptors (Lipinski definition) is 7. The smallest absolute Gasteiger partial charge is 0.309 e. The Bertz CT molecular complexity index is 809. The molecule has 0 aliphatic carbocycles. The summed E-state index contributed by atoms with van der Waals surface area (Å²) in [5.41, 5.74) is 0. The van der Waals surface area contributed by atoms with Gasteiger partial charge in [-0.15, -0.1) is 22.7 Å². The van der Waals surface area contributed by atoms with Crippen molar-refractivity contribution in [2.75, 3.05) is 19.7 Å². The van der Waals surface area contributed by atoms with E-state index in [9.17, 15) is 19.2 Å². The molecule has 1 fully saturated rings. The van der Waals surface area contributed by atoms with E-state index in [1.165, 1.54) is 22.7 Å². The van der Waals surface area contributed by atoms with Gasteiger partial charge in [0.05, 0.1) is 15.7 Å². The molecular weight excluding hydrogens is 388 g/mol. The molecule has 3 rings (SSSR count). The maximum Gasteiger partial charge on any atom is 0.309 e. The maximum absolute atomic E-state index is 12.3. The summed E-state index contributed by atoms with van der Waals surface area (Å²) >= 11 is 2.61. The van der Waals surface area contributed by atoms with Gasteiger partial charge in [-0.1, -0.05) is 12.1 Å². The fourth-order valence-electron chi connectivity index (χ4n) is 2.76. The van der Waals surface area contributed by atoms with Gasteiger partial charge >= 0.3 is 5.97 Å². The molecule has 3 amide bonds. The van der Waals surface area contributed by atoms with Crippen LogP contribution in [0.25, 0.3) is 0 Å². The first-order chi connectivity index (χ1) is 13.0. The van der Waals surface area contributed by atoms with Crippen LogP contribution in [-0.2, 0) is 14.3 Å². The zero-order chi connectivity index (χ0) is 19.2. The molecule has 3 heterocycles. The van der Waals surface area contributed by atoms with Crippen LogP contribution in [0.3, 0.4) is 0 Å². The SMILES string of the molecule is O=C(COC(=O)C1CCN(C(=O)c2cccs2)CC1)NC(=O)c1cccs1. The molecule has 0 radical (unpaired) electrons. The fourth-order valence-corrected chi connectivity index (χ4v) is 4.07. The van der Waals surface area contributed by atoms with Gasteiger partial charge in [-0.2, -0.15) is 0 Å². The number of carbonyl (C=O) groups is 4. The highest BCUT2D eigenvalue weighted by Gasteiger charge is 2.29. The first kappa shape index (κ1) is 19.2. The molecule has 0 aromatic carbocycles. The summed E-state index contributed by atoms with van der Waals surface area (Å²) in [4.78, 5) is 50.8. The highest BCUT2D eigenvalue weighted by molar-refractivity contribution is 7.12. The molecule has 0 atom stereocenters. The number of hydrogen-bond donors (Lipinski definition) is 1. The van der Waals surface area contributed by atoms with Crippen molar-refractivity contribution in [1.29, 1.82) is 0 Å². The molecule has 1 saturated heterocycles. The molecule has 1 aliphatic rings. The first-order valence-electron chi connectivity index (χ1n) is 8.41. The second-order valence-electron chi connectivity index (χ2n) is 6.01. The third kappa shape index (κ3) is 5.01. The van der Waals surface area contributed by atoms with Crippen LogP contribution in [0.4, 0.5) is 0 Å². The highest BCUT2D eigenvalue weighted by Crippen LogP contribution is 2.21. The lowest BCUT2D eigenvalue weighted by Crippen LogP contribution is -2.41. The third-order valence-electron chi connectivity index (χ3n) is 4.19. The summed E-state index contributed by atoms with van der Waals surface area (Å²) in [5, 5.41) is 5.77. The molecule has 0 bridgehead atoms. The number of amides is 3. The molecule has 7 nitrogen and oxygen atoms in total. The normalized spacial score (nSPS) is 14.6. The molecule has 2 aromatic heterocycles. The largest absolute Gasteiger partial charge is 0.455 e. The van der Waals surface area contributed by atoms with Crippen molar-refractivity contribution in [3.8, 4) is 0 Å². The summed E-state index contributed by atoms with van der Waals surface area (Å²) in [6.45, 7) is 0.448. The van der Waals surface area contributed by atoms with Crippen molar-refractivity contribution in [3.63, 3.8) is 0 Å². The topological polar surface area (TPSA) is 92.8 Å². The van der Waals surface area contributed by atoms with Gasteiger partial charge in [0.1, 0.15) is 0 Å². The van der Waals surface area contributed by atoms with E-state index in [1.54, 1.807) is 28.5 Å². The van der Waals surface area contributed by atoms with Crippen molar-refractivity contribution < 1.29 is 23.9 Å². The van der Waals surface area contributed by atoms with Gasteiger partial charge < -0.3 is 9.64 Å². The van der Waals surface area contributed by atoms with Crippen LogP contribution in [0.2, 0.25) is 0 Å². The van der Waals surface area contributed by atoms with E-state index in [-0.39, 0.29) is 11.8 Å². The Hall–Kier alpha value is -2.52. The Kier molecular flexibility index (Phi) is 6.36. The van der Waals surface area contributed by atoms with Crippen LogP contribution in [0.15, 0.2) is 35.0 Å². The Morgan fingerprint density at radius 1 is 1.04 bits per heavy atom. The monoisotopic (exact) mass is 406 g/mol. The van der Waals surface area contributed by atoms with E-state index in [0.29, 0.717) is 35.7 Å². The Morgan fingerprint density at radius 3 is 2.26 bits per heavy atom. The molecular formula is C18H18N2O5S2. The van der Waals surface area contributed by atoms with Crippen LogP contribution in [0.1, 0.15) is 32.2 Å². The molecule has 1 N–H and O–H groups in total. The van der Waals surface area contributed by atoms with Crippen LogP contribution in [0, 0.1) is 5.92 Å². The zero-order valence-corrected chi connectivity index (χ0v) is 16.0. The minimum atomic E-state index is -0.660. The Balaban J connectivity index is 1.40. The van der Waals surface area contributed by atoms with E-state index >= 15 is 0 Å². The van der Waals surface area contributed by atoms with Crippen LogP contribution < -0.4 is 5.32 Å². The van der Waals surface area contributed by atoms with E-state index in [0.717, 1.165) is 0 Å². The summed E-state index contributed by atoms with van der Waals surface area (Å²) in [6.07, 6.45) is 0.984. The minimum absolute atomic E-state index is 0.0247. The second kappa shape index (κ2) is 8.92. The van der Waals surface area contributed by atoms with Gasteiger partial charge in [0.25, 0.3) is 17.7 Å². The van der Waals surface area contributed by atoms with Gasteiger partial charge in [0, 0.05) is 13.1 Å². The predicted molar refractivity (Wildman–Crippen MR) is 101 cm³/mol. The summed E-state index contributed by atoms with van der Waals surface area (Å²) in [7, 11) is 0. The number of likely N-dealkylation sites (tertiary alicyclic amines) is 1. The van der Waals surface area contributed by atoms with Gasteiger partial charge in [-0.3, -0.25) is 24.5 Å². The number of imide groups is 1. The highest BCUT2D eigenvalue weighted by atomic mass is 32.1. The van der Waals surface area contributed by atoms with Crippen LogP contribution in [0.5, 0.6) is 0 Å². The number of nitrogens with zero attached hydrogens (tertiary/aromatic N) is 1. The number of rotatable bonds is 5. The lowest BCUT2D eigenvalue weighted by molar-refractivity contribution is -0.153. The molecule has 0 unspecified atom stereocenters. The van der Waals surface area contributed by atoms with Crippen molar-refractivity contribution in [1.82, 2.24) is 10.2 Å². The summed E-state index contributed by atoms with van der Waals surface area (Å²) < 4.78 is 5.03. The zero-order valence-electron chi connectivity index (χ0n) is 14.4. The van der Waals surface area contributed by atoms with E-state index < -0.39 is 24.4 Å². The molecule has 0 spiro atoms. The number of nitrogens with one attached hydrogen (secondary N) is 1. The molecule has 27 heavy (non-hydrogen) atoms. The number of thiophene rings is 2. The van der Waals surface area contributed by atoms with Crippen LogP contribution >= 0.6 is 22.7 Å². The van der Waals surface area contributed by atoms with Crippen molar-refractivity contribution in [2.24, 2.45) is 5.92 Å². The maximum atomic E-state index is 12.3. The number of carbonyl (C=O) groups excluding carboxylic acids is 4. The summed E-state index contributed by atoms with van der Waals surface area (Å²) in [5.74, 6) is -2.02. The quantitative estimate of drug-likeness (QED) is 0.768. The first-order valence-corrected chi connectivity index (χ1v) is 10.2. The molecule has 142 valence electrons. The van der Waals surface area contributed by atoms with Crippen molar-refractivity contribution in [2.45, 2.75) is 12.8 Å². The second-order valence-corrected chi connectivity index (χ2v) is 7.90. The summed E-state index contributed by atoms with van der Waals surface area (Å²) in [6, 6.07) is 6.92. The minimum Gasteiger partial charge on any atom is -0.455 e. The van der Waals surface area contributed by atoms with Gasteiger partial charge in [0.2, 0.25) is 0 Å². The van der Waals surface area contributed by atoms with Gasteiger partial charge in [0.15, 0.2) is 6.61 Å². The lowest BCUT2D eigenvalue weighted by Gasteiger charge is -2.30. The molecule has 0 saturated carbocycles. The third-order valence-corrected chi connectivity index (χ3v) is 5.92. The number of ether oxygens (including phenoxy) is 1. The van der Waals surface area contributed by atoms with Gasteiger partial charge in [-0.05, 0) is 35.7 Å². The molecule has 1 aliphatic heterocycles. The van der Waals surface area contributed by atoms with Crippen molar-refractivity contribution in [3.05, 3.63) is 44.8 Å². The predicted octanol–water partition coefficient (Wildman–Crippen LogP) is 2.16. The van der Waals surface area contributed by atoms with E-state index in [2.05, 4.69) is 5.32 Å². The van der Waals surface area contributed by atoms with Crippen molar-refractivity contribution >= 4 is 46.4 Å². The average Bonchev–Trinajstić information content (AvgIpc) is 3.39. The lowest BCUT2D eigenvalue weighted by atomic mass is 9.97. The van der Waals surface area contributed by atoms with Crippen LogP contribution in [-0.4, -0.2) is 48.3 Å². The standard InChI is InChI=1S/C18H18N2O5S2/c21-15(19-16(22)13-3-1-9-26-13)11-25-18(24)12-5-7-20(8-6-12)17(23)14-4-2-10-27-14/h1-4,9-10,12H,5-8,11H2,(H,19,21,22). The molecule has 9 heteroatoms. The Morgan fingerprint density at radius 2 is 1.67 bits per heavy atom. The van der Waals surface area contributed by atoms with Gasteiger partial charge in [-0.25, -0.2) is 0 Å². The fraction of sp³-hybridized carbons (Fsp3) is 0.333. The average molecular weight is 406 g/mol. The molecule has 2 aromatic rings. The Labute approximate surface area is 163 Å². The number of piperidine rings is 1. The van der Waals surface area contributed by atoms with E-state index in [4.69, 9.17) is 4.74 Å².